The van der Waals surface area contributed by atoms with E-state index in [1.807, 2.05) is 17.6 Å². The topological polar surface area (TPSA) is 42.7 Å². The van der Waals surface area contributed by atoms with Crippen molar-refractivity contribution in [3.8, 4) is 11.4 Å². The van der Waals surface area contributed by atoms with Gasteiger partial charge in [-0.3, -0.25) is 0 Å². The van der Waals surface area contributed by atoms with Gasteiger partial charge in [0.25, 0.3) is 0 Å². The molecule has 3 rings (SSSR count). The third-order valence-corrected chi connectivity index (χ3v) is 3.77. The Balaban J connectivity index is 2.09. The molecule has 0 saturated heterocycles. The van der Waals surface area contributed by atoms with E-state index in [1.54, 1.807) is 6.07 Å². The van der Waals surface area contributed by atoms with Gasteiger partial charge in [-0.05, 0) is 41.1 Å². The molecule has 0 aliphatic carbocycles. The maximum atomic E-state index is 13.6. The highest BCUT2D eigenvalue weighted by Gasteiger charge is 2.22. The number of nitrogens with zero attached hydrogens (tertiary/aromatic N) is 3. The normalized spacial score (nSPS) is 18.7. The first kappa shape index (κ1) is 11.8. The molecule has 0 fully saturated rings. The van der Waals surface area contributed by atoms with Crippen LogP contribution in [0.4, 0.5) is 4.39 Å². The Morgan fingerprint density at radius 3 is 3.06 bits per heavy atom. The van der Waals surface area contributed by atoms with Crippen molar-refractivity contribution in [2.75, 3.05) is 6.54 Å². The Morgan fingerprint density at radius 2 is 2.28 bits per heavy atom. The molecule has 1 aromatic carbocycles. The lowest BCUT2D eigenvalue weighted by Crippen LogP contribution is -2.32. The van der Waals surface area contributed by atoms with E-state index in [1.165, 1.54) is 6.07 Å². The summed E-state index contributed by atoms with van der Waals surface area (Å²) in [6, 6.07) is 5.20. The number of fused-ring (bicyclic) bond motifs is 1. The molecule has 6 heteroatoms. The van der Waals surface area contributed by atoms with Gasteiger partial charge in [0.1, 0.15) is 11.6 Å². The maximum Gasteiger partial charge on any atom is 0.164 e. The number of benzene rings is 1. The third-order valence-electron chi connectivity index (χ3n) is 3.13. The smallest absolute Gasteiger partial charge is 0.164 e. The zero-order chi connectivity index (χ0) is 12.7. The van der Waals surface area contributed by atoms with Crippen LogP contribution in [0.25, 0.3) is 11.4 Å². The number of hydrogen-bond acceptors (Lipinski definition) is 3. The van der Waals surface area contributed by atoms with Crippen molar-refractivity contribution < 1.29 is 4.39 Å². The number of aromatic nitrogens is 3. The molecule has 0 spiro atoms. The second kappa shape index (κ2) is 4.44. The van der Waals surface area contributed by atoms with Crippen LogP contribution in [0.1, 0.15) is 18.8 Å². The standard InChI is InChI=1S/C12H12BrFN4/c1-7-11-16-17-12(18(11)5-4-15-7)8-2-3-9(13)10(14)6-8/h2-3,6-7,15H,4-5H2,1H3. The van der Waals surface area contributed by atoms with Gasteiger partial charge in [0.2, 0.25) is 0 Å². The summed E-state index contributed by atoms with van der Waals surface area (Å²) in [5.41, 5.74) is 0.753. The van der Waals surface area contributed by atoms with E-state index in [4.69, 9.17) is 0 Å². The van der Waals surface area contributed by atoms with Crippen molar-refractivity contribution in [1.82, 2.24) is 20.1 Å². The molecule has 1 aliphatic heterocycles. The first-order valence-electron chi connectivity index (χ1n) is 5.78. The molecule has 94 valence electrons. The van der Waals surface area contributed by atoms with Crippen LogP contribution in [0.5, 0.6) is 0 Å². The molecule has 1 aromatic heterocycles. The third kappa shape index (κ3) is 1.85. The Morgan fingerprint density at radius 1 is 1.44 bits per heavy atom. The summed E-state index contributed by atoms with van der Waals surface area (Å²) in [7, 11) is 0. The van der Waals surface area contributed by atoms with Crippen LogP contribution in [0.15, 0.2) is 22.7 Å². The van der Waals surface area contributed by atoms with Crippen molar-refractivity contribution >= 4 is 15.9 Å². The largest absolute Gasteiger partial charge is 0.308 e. The molecule has 0 bridgehead atoms. The van der Waals surface area contributed by atoms with E-state index in [0.717, 1.165) is 30.3 Å². The summed E-state index contributed by atoms with van der Waals surface area (Å²) in [6.07, 6.45) is 0. The minimum Gasteiger partial charge on any atom is -0.308 e. The SMILES string of the molecule is CC1NCCn2c(-c3ccc(Br)c(F)c3)nnc21. The van der Waals surface area contributed by atoms with Crippen LogP contribution in [0.3, 0.4) is 0 Å². The van der Waals surface area contributed by atoms with Crippen LogP contribution >= 0.6 is 15.9 Å². The number of rotatable bonds is 1. The van der Waals surface area contributed by atoms with Crippen molar-refractivity contribution in [2.24, 2.45) is 0 Å². The lowest BCUT2D eigenvalue weighted by molar-refractivity contribution is 0.439. The second-order valence-electron chi connectivity index (χ2n) is 4.34. The van der Waals surface area contributed by atoms with Gasteiger partial charge in [-0.15, -0.1) is 10.2 Å². The Kier molecular flexibility index (Phi) is 2.91. The van der Waals surface area contributed by atoms with Gasteiger partial charge in [-0.25, -0.2) is 4.39 Å². The van der Waals surface area contributed by atoms with Gasteiger partial charge in [-0.2, -0.15) is 0 Å². The lowest BCUT2D eigenvalue weighted by atomic mass is 10.2. The minimum atomic E-state index is -0.285. The molecule has 4 nitrogen and oxygen atoms in total. The summed E-state index contributed by atoms with van der Waals surface area (Å²) in [6.45, 7) is 3.73. The van der Waals surface area contributed by atoms with E-state index < -0.39 is 0 Å². The first-order valence-corrected chi connectivity index (χ1v) is 6.58. The maximum absolute atomic E-state index is 13.6. The van der Waals surface area contributed by atoms with Gasteiger partial charge in [-0.1, -0.05) is 0 Å². The predicted molar refractivity (Wildman–Crippen MR) is 69.5 cm³/mol. The van der Waals surface area contributed by atoms with Gasteiger partial charge in [0.15, 0.2) is 5.82 Å². The van der Waals surface area contributed by atoms with Crippen molar-refractivity contribution in [1.29, 1.82) is 0 Å². The molecule has 0 saturated carbocycles. The Labute approximate surface area is 112 Å². The van der Waals surface area contributed by atoms with E-state index in [-0.39, 0.29) is 11.9 Å². The zero-order valence-corrected chi connectivity index (χ0v) is 11.4. The average Bonchev–Trinajstić information content (AvgIpc) is 2.78. The number of hydrogen-bond donors (Lipinski definition) is 1. The molecular weight excluding hydrogens is 299 g/mol. The summed E-state index contributed by atoms with van der Waals surface area (Å²) in [5, 5.41) is 11.7. The highest BCUT2D eigenvalue weighted by Crippen LogP contribution is 2.26. The highest BCUT2D eigenvalue weighted by molar-refractivity contribution is 9.10. The fourth-order valence-electron chi connectivity index (χ4n) is 2.19. The molecule has 0 amide bonds. The quantitative estimate of drug-likeness (QED) is 0.880. The molecule has 1 atom stereocenters. The Bertz CT molecular complexity index is 596. The fraction of sp³-hybridized carbons (Fsp3) is 0.333. The fourth-order valence-corrected chi connectivity index (χ4v) is 2.44. The predicted octanol–water partition coefficient (Wildman–Crippen LogP) is 2.51. The van der Waals surface area contributed by atoms with Crippen LogP contribution in [-0.4, -0.2) is 21.3 Å². The van der Waals surface area contributed by atoms with E-state index >= 15 is 0 Å². The summed E-state index contributed by atoms with van der Waals surface area (Å²) in [5.74, 6) is 1.34. The lowest BCUT2D eigenvalue weighted by Gasteiger charge is -2.21. The van der Waals surface area contributed by atoms with Crippen molar-refractivity contribution in [2.45, 2.75) is 19.5 Å². The molecule has 1 N–H and O–H groups in total. The molecule has 2 aromatic rings. The van der Waals surface area contributed by atoms with Crippen LogP contribution in [0, 0.1) is 5.82 Å². The number of nitrogens with one attached hydrogen (secondary N) is 1. The zero-order valence-electron chi connectivity index (χ0n) is 9.82. The first-order chi connectivity index (χ1) is 8.66. The molecular formula is C12H12BrFN4. The Hall–Kier alpha value is -1.27. The van der Waals surface area contributed by atoms with Crippen molar-refractivity contribution in [3.05, 3.63) is 34.3 Å². The minimum absolute atomic E-state index is 0.181. The summed E-state index contributed by atoms with van der Waals surface area (Å²) in [4.78, 5) is 0. The number of halogens is 2. The van der Waals surface area contributed by atoms with Crippen molar-refractivity contribution in [3.63, 3.8) is 0 Å². The van der Waals surface area contributed by atoms with E-state index in [9.17, 15) is 4.39 Å². The van der Waals surface area contributed by atoms with Gasteiger partial charge >= 0.3 is 0 Å². The van der Waals surface area contributed by atoms with Crippen LogP contribution < -0.4 is 5.32 Å². The van der Waals surface area contributed by atoms with E-state index in [0.29, 0.717) is 4.47 Å². The summed E-state index contributed by atoms with van der Waals surface area (Å²) >= 11 is 3.15. The monoisotopic (exact) mass is 310 g/mol. The highest BCUT2D eigenvalue weighted by atomic mass is 79.9. The van der Waals surface area contributed by atoms with Crippen LogP contribution in [0.2, 0.25) is 0 Å². The molecule has 1 aliphatic rings. The molecule has 1 unspecified atom stereocenters. The molecule has 2 heterocycles. The molecule has 18 heavy (non-hydrogen) atoms. The second-order valence-corrected chi connectivity index (χ2v) is 5.19. The van der Waals surface area contributed by atoms with E-state index in [2.05, 4.69) is 31.4 Å². The van der Waals surface area contributed by atoms with Gasteiger partial charge in [0, 0.05) is 18.7 Å². The molecule has 0 radical (unpaired) electrons. The van der Waals surface area contributed by atoms with Crippen LogP contribution in [-0.2, 0) is 6.54 Å². The summed E-state index contributed by atoms with van der Waals surface area (Å²) < 4.78 is 16.1. The average molecular weight is 311 g/mol. The van der Waals surface area contributed by atoms with Gasteiger partial charge < -0.3 is 9.88 Å². The van der Waals surface area contributed by atoms with Gasteiger partial charge in [0.05, 0.1) is 10.5 Å².